The minimum absolute atomic E-state index is 0.140. The molecule has 0 saturated carbocycles. The molecular formula is C30H34F2N8O4. The Kier molecular flexibility index (Phi) is 8.53. The second kappa shape index (κ2) is 12.7. The second-order valence-electron chi connectivity index (χ2n) is 10.8. The van der Waals surface area contributed by atoms with Gasteiger partial charge in [-0.15, -0.1) is 0 Å². The molecule has 3 amide bonds. The van der Waals surface area contributed by atoms with Crippen molar-refractivity contribution in [3.05, 3.63) is 58.1 Å². The lowest BCUT2D eigenvalue weighted by atomic mass is 10.0. The normalized spacial score (nSPS) is 18.7. The third kappa shape index (κ3) is 5.86. The smallest absolute Gasteiger partial charge is 0.327 e. The van der Waals surface area contributed by atoms with E-state index in [0.29, 0.717) is 88.7 Å². The van der Waals surface area contributed by atoms with Crippen LogP contribution >= 0.6 is 0 Å². The summed E-state index contributed by atoms with van der Waals surface area (Å²) in [6.07, 6.45) is 5.49. The number of carbonyl (C=O) groups excluding carboxylic acids is 2. The fourth-order valence-corrected chi connectivity index (χ4v) is 5.63. The van der Waals surface area contributed by atoms with Crippen molar-refractivity contribution in [2.45, 2.75) is 26.2 Å². The van der Waals surface area contributed by atoms with Crippen molar-refractivity contribution in [1.82, 2.24) is 14.9 Å². The van der Waals surface area contributed by atoms with Gasteiger partial charge in [-0.3, -0.25) is 9.69 Å². The number of fused-ring (bicyclic) bond motifs is 1. The van der Waals surface area contributed by atoms with Crippen molar-refractivity contribution < 1.29 is 27.8 Å². The molecule has 1 aromatic carbocycles. The summed E-state index contributed by atoms with van der Waals surface area (Å²) in [5, 5.41) is 2.37. The molecule has 0 radical (unpaired) electrons. The molecule has 0 bridgehead atoms. The van der Waals surface area contributed by atoms with Crippen molar-refractivity contribution in [2.75, 3.05) is 74.3 Å². The van der Waals surface area contributed by atoms with Crippen LogP contribution in [0.2, 0.25) is 0 Å². The van der Waals surface area contributed by atoms with Gasteiger partial charge >= 0.3 is 6.03 Å². The van der Waals surface area contributed by atoms with Crippen LogP contribution in [0.1, 0.15) is 41.4 Å². The molecule has 14 heteroatoms. The van der Waals surface area contributed by atoms with Crippen molar-refractivity contribution in [3.8, 4) is 0 Å². The van der Waals surface area contributed by atoms with E-state index in [0.717, 1.165) is 35.3 Å². The van der Waals surface area contributed by atoms with Crippen LogP contribution in [0, 0.1) is 11.6 Å². The molecule has 0 unspecified atom stereocenters. The maximum Gasteiger partial charge on any atom is 0.327 e. The minimum Gasteiger partial charge on any atom is -0.384 e. The molecule has 6 rings (SSSR count). The number of halogens is 2. The first-order chi connectivity index (χ1) is 21.3. The highest BCUT2D eigenvalue weighted by atomic mass is 19.1. The number of anilines is 3. The monoisotopic (exact) mass is 608 g/mol. The maximum atomic E-state index is 15.2. The van der Waals surface area contributed by atoms with Gasteiger partial charge in [-0.1, -0.05) is 13.0 Å². The molecule has 5 heterocycles. The van der Waals surface area contributed by atoms with Gasteiger partial charge in [0.25, 0.3) is 5.91 Å². The van der Waals surface area contributed by atoms with E-state index in [1.54, 1.807) is 6.21 Å². The summed E-state index contributed by atoms with van der Waals surface area (Å²) >= 11 is 0. The Labute approximate surface area is 253 Å². The van der Waals surface area contributed by atoms with Gasteiger partial charge < -0.3 is 30.3 Å². The molecule has 12 nitrogen and oxygen atoms in total. The summed E-state index contributed by atoms with van der Waals surface area (Å²) in [5.41, 5.74) is 8.49. The number of nitrogens with two attached hydrogens (primary N) is 1. The lowest BCUT2D eigenvalue weighted by Gasteiger charge is -2.28. The van der Waals surface area contributed by atoms with Gasteiger partial charge in [-0.05, 0) is 37.0 Å². The van der Waals surface area contributed by atoms with E-state index in [-0.39, 0.29) is 12.1 Å². The van der Waals surface area contributed by atoms with Crippen molar-refractivity contribution >= 4 is 41.2 Å². The number of amides is 3. The van der Waals surface area contributed by atoms with Gasteiger partial charge in [0.1, 0.15) is 17.3 Å². The van der Waals surface area contributed by atoms with Crippen LogP contribution in [-0.2, 0) is 15.9 Å². The number of ether oxygens (including phenoxy) is 2. The molecule has 44 heavy (non-hydrogen) atoms. The molecule has 4 aliphatic heterocycles. The number of nitrogens with zero attached hydrogens (tertiary/aromatic N) is 6. The van der Waals surface area contributed by atoms with Crippen LogP contribution in [0.3, 0.4) is 0 Å². The van der Waals surface area contributed by atoms with Gasteiger partial charge in [0, 0.05) is 55.6 Å². The Morgan fingerprint density at radius 2 is 1.68 bits per heavy atom. The van der Waals surface area contributed by atoms with E-state index >= 15 is 8.78 Å². The summed E-state index contributed by atoms with van der Waals surface area (Å²) in [6.45, 7) is 5.76. The number of allylic oxidation sites excluding steroid dienone is 3. The summed E-state index contributed by atoms with van der Waals surface area (Å²) in [6, 6.07) is 1.12. The molecule has 0 spiro atoms. The quantitative estimate of drug-likeness (QED) is 0.528. The molecule has 0 aliphatic carbocycles. The van der Waals surface area contributed by atoms with Crippen LogP contribution in [0.5, 0.6) is 0 Å². The van der Waals surface area contributed by atoms with E-state index in [2.05, 4.69) is 10.3 Å². The number of aromatic nitrogens is 2. The number of benzene rings is 1. The summed E-state index contributed by atoms with van der Waals surface area (Å²) in [7, 11) is 0. The number of urea groups is 1. The maximum absolute atomic E-state index is 15.2. The zero-order valence-electron chi connectivity index (χ0n) is 24.4. The number of morpholine rings is 2. The van der Waals surface area contributed by atoms with E-state index in [9.17, 15) is 9.59 Å². The van der Waals surface area contributed by atoms with Gasteiger partial charge in [0.2, 0.25) is 5.95 Å². The molecule has 2 aromatic rings. The van der Waals surface area contributed by atoms with Gasteiger partial charge in [0.05, 0.1) is 32.1 Å². The number of rotatable bonds is 5. The predicted molar refractivity (Wildman–Crippen MR) is 161 cm³/mol. The molecule has 0 atom stereocenters. The Morgan fingerprint density at radius 3 is 2.36 bits per heavy atom. The Balaban J connectivity index is 1.30. The molecular weight excluding hydrogens is 574 g/mol. The molecule has 232 valence electrons. The zero-order valence-corrected chi connectivity index (χ0v) is 24.4. The van der Waals surface area contributed by atoms with Crippen LogP contribution in [0.4, 0.5) is 31.0 Å². The minimum atomic E-state index is -1.05. The Bertz CT molecular complexity index is 1540. The van der Waals surface area contributed by atoms with Gasteiger partial charge in [0.15, 0.2) is 11.6 Å². The number of carbonyl (C=O) groups is 2. The van der Waals surface area contributed by atoms with Crippen molar-refractivity contribution in [2.24, 2.45) is 10.7 Å². The van der Waals surface area contributed by atoms with Gasteiger partial charge in [-0.25, -0.2) is 23.6 Å². The number of hydrogen-bond donors (Lipinski definition) is 2. The molecule has 2 fully saturated rings. The molecule has 4 aliphatic rings. The first kappa shape index (κ1) is 29.6. The molecule has 1 aromatic heterocycles. The standard InChI is InChI=1S/C30H34F2N8O4/c1-2-18-3-4-19(17-34-26(18)33)24-21-5-6-40(27(21)37-29(35-24)39-9-13-44-14-10-39)30(42)36-25-22(31)15-20(16-23(25)32)28(41)38-7-11-43-12-8-38/h4,15-17H,2-3,5-14,33H2,1H3,(H,36,42). The average Bonchev–Trinajstić information content (AvgIpc) is 3.39. The van der Waals surface area contributed by atoms with Crippen LogP contribution in [-0.4, -0.2) is 92.2 Å². The lowest BCUT2D eigenvalue weighted by Crippen LogP contribution is -2.40. The summed E-state index contributed by atoms with van der Waals surface area (Å²) < 4.78 is 41.1. The van der Waals surface area contributed by atoms with Gasteiger partial charge in [-0.2, -0.15) is 4.98 Å². The summed E-state index contributed by atoms with van der Waals surface area (Å²) in [4.78, 5) is 45.2. The first-order valence-electron chi connectivity index (χ1n) is 14.7. The third-order valence-electron chi connectivity index (χ3n) is 8.15. The highest BCUT2D eigenvalue weighted by Crippen LogP contribution is 2.35. The third-order valence-corrected chi connectivity index (χ3v) is 8.15. The number of hydrogen-bond acceptors (Lipinski definition) is 9. The van der Waals surface area contributed by atoms with Crippen LogP contribution in [0.15, 0.2) is 34.6 Å². The van der Waals surface area contributed by atoms with E-state index in [1.165, 1.54) is 9.80 Å². The van der Waals surface area contributed by atoms with Crippen molar-refractivity contribution in [3.63, 3.8) is 0 Å². The van der Waals surface area contributed by atoms with Crippen molar-refractivity contribution in [1.29, 1.82) is 0 Å². The first-order valence-corrected chi connectivity index (χ1v) is 14.7. The van der Waals surface area contributed by atoms with E-state index in [4.69, 9.17) is 25.2 Å². The Hall–Kier alpha value is -4.43. The fraction of sp³-hybridized carbons (Fsp3) is 0.433. The SMILES string of the molecule is CCC1=C(N)N=CC(c2nc(N3CCOCC3)nc3c2CCN3C(=O)Nc2c(F)cc(C(=O)N3CCOCC3)cc2F)=CC1. The van der Waals surface area contributed by atoms with E-state index in [1.807, 2.05) is 17.9 Å². The molecule has 2 saturated heterocycles. The fourth-order valence-electron chi connectivity index (χ4n) is 5.63. The highest BCUT2D eigenvalue weighted by molar-refractivity contribution is 6.11. The zero-order chi connectivity index (χ0) is 30.8. The topological polar surface area (TPSA) is 139 Å². The number of aliphatic imine (C=N–C) groups is 1. The lowest BCUT2D eigenvalue weighted by molar-refractivity contribution is 0.0302. The highest BCUT2D eigenvalue weighted by Gasteiger charge is 2.33. The predicted octanol–water partition coefficient (Wildman–Crippen LogP) is 3.10. The Morgan fingerprint density at radius 1 is 1.00 bits per heavy atom. The van der Waals surface area contributed by atoms with Crippen LogP contribution < -0.4 is 20.9 Å². The number of nitrogens with one attached hydrogen (secondary N) is 1. The average molecular weight is 609 g/mol. The second-order valence-corrected chi connectivity index (χ2v) is 10.8. The summed E-state index contributed by atoms with van der Waals surface area (Å²) in [5.74, 6) is -1.37. The van der Waals surface area contributed by atoms with E-state index < -0.39 is 29.3 Å². The van der Waals surface area contributed by atoms with Crippen LogP contribution in [0.25, 0.3) is 5.57 Å². The largest absolute Gasteiger partial charge is 0.384 e. The molecule has 3 N–H and O–H groups in total.